The van der Waals surface area contributed by atoms with Gasteiger partial charge in [-0.1, -0.05) is 18.2 Å². The Balaban J connectivity index is 1.74. The van der Waals surface area contributed by atoms with E-state index in [1.54, 1.807) is 13.8 Å². The molecule has 0 radical (unpaired) electrons. The number of β-lactam (4-membered cyclic amide) rings is 1. The number of fused-ring (bicyclic) bond motifs is 1. The second kappa shape index (κ2) is 7.59. The number of hydrogen-bond donors (Lipinski definition) is 4. The summed E-state index contributed by atoms with van der Waals surface area (Å²) in [7, 11) is 0. The van der Waals surface area contributed by atoms with Gasteiger partial charge in [0, 0.05) is 4.75 Å². The average Bonchev–Trinajstić information content (AvgIpc) is 2.92. The van der Waals surface area contributed by atoms with E-state index in [0.717, 1.165) is 5.57 Å². The third kappa shape index (κ3) is 3.53. The number of carbonyl (C=O) groups is 4. The molecular formula is C18H24N4O5S. The zero-order valence-electron chi connectivity index (χ0n) is 15.7. The fraction of sp³-hybridized carbons (Fsp3) is 0.556. The summed E-state index contributed by atoms with van der Waals surface area (Å²) in [5.41, 5.74) is 6.09. The summed E-state index contributed by atoms with van der Waals surface area (Å²) < 4.78 is -0.671. The second-order valence-corrected chi connectivity index (χ2v) is 9.25. The molecule has 3 rings (SSSR count). The fourth-order valence-electron chi connectivity index (χ4n) is 3.78. The van der Waals surface area contributed by atoms with Gasteiger partial charge in [-0.3, -0.25) is 14.4 Å². The van der Waals surface area contributed by atoms with Crippen LogP contribution in [-0.2, 0) is 19.2 Å². The largest absolute Gasteiger partial charge is 0.480 e. The van der Waals surface area contributed by atoms with Crippen LogP contribution in [0, 0.1) is 0 Å². The summed E-state index contributed by atoms with van der Waals surface area (Å²) in [5.74, 6) is -2.46. The van der Waals surface area contributed by atoms with Crippen molar-refractivity contribution in [1.29, 1.82) is 0 Å². The Morgan fingerprint density at radius 3 is 2.68 bits per heavy atom. The number of allylic oxidation sites excluding steroid dienone is 3. The molecule has 2 saturated heterocycles. The molecule has 28 heavy (non-hydrogen) atoms. The maximum Gasteiger partial charge on any atom is 0.327 e. The van der Waals surface area contributed by atoms with Gasteiger partial charge in [-0.05, 0) is 32.3 Å². The molecule has 10 heteroatoms. The van der Waals surface area contributed by atoms with Crippen LogP contribution in [0.25, 0.3) is 0 Å². The van der Waals surface area contributed by atoms with E-state index in [1.807, 2.05) is 18.2 Å². The number of carbonyl (C=O) groups excluding carboxylic acids is 3. The molecule has 3 amide bonds. The average molecular weight is 408 g/mol. The first-order chi connectivity index (χ1) is 13.2. The van der Waals surface area contributed by atoms with E-state index in [-0.39, 0.29) is 6.54 Å². The highest BCUT2D eigenvalue weighted by molar-refractivity contribution is 8.01. The van der Waals surface area contributed by atoms with Crippen LogP contribution in [0.3, 0.4) is 0 Å². The van der Waals surface area contributed by atoms with Crippen LogP contribution < -0.4 is 16.4 Å². The topological polar surface area (TPSA) is 142 Å². The number of amides is 3. The minimum atomic E-state index is -1.06. The molecule has 2 aliphatic heterocycles. The number of thioether (sulfide) groups is 1. The summed E-state index contributed by atoms with van der Waals surface area (Å²) in [6.07, 6.45) is 6.90. The predicted octanol–water partition coefficient (Wildman–Crippen LogP) is -0.662. The molecule has 0 bridgehead atoms. The molecule has 0 aromatic rings. The van der Waals surface area contributed by atoms with E-state index >= 15 is 0 Å². The van der Waals surface area contributed by atoms with E-state index in [0.29, 0.717) is 12.8 Å². The SMILES string of the molecule is CC1(C)S[C@@H]2[C@H](NC(=O)C(NC(=O)CN)C3=CCC=CC3)C(=O)N2[C@H]1C(=O)O. The number of aliphatic carboxylic acids is 1. The minimum absolute atomic E-state index is 0.254. The molecule has 0 saturated carbocycles. The molecule has 3 aliphatic rings. The summed E-state index contributed by atoms with van der Waals surface area (Å²) in [4.78, 5) is 50.1. The third-order valence-corrected chi connectivity index (χ3v) is 6.70. The lowest BCUT2D eigenvalue weighted by atomic mass is 9.94. The summed E-state index contributed by atoms with van der Waals surface area (Å²) >= 11 is 1.35. The Kier molecular flexibility index (Phi) is 5.53. The van der Waals surface area contributed by atoms with Crippen molar-refractivity contribution in [2.45, 2.75) is 54.9 Å². The molecule has 0 aromatic heterocycles. The third-order valence-electron chi connectivity index (χ3n) is 5.13. The van der Waals surface area contributed by atoms with Gasteiger partial charge in [-0.15, -0.1) is 11.8 Å². The molecule has 152 valence electrons. The smallest absolute Gasteiger partial charge is 0.327 e. The van der Waals surface area contributed by atoms with E-state index in [2.05, 4.69) is 10.6 Å². The molecule has 0 spiro atoms. The van der Waals surface area contributed by atoms with Crippen LogP contribution in [0.2, 0.25) is 0 Å². The quantitative estimate of drug-likeness (QED) is 0.337. The first-order valence-electron chi connectivity index (χ1n) is 9.04. The van der Waals surface area contributed by atoms with Crippen LogP contribution in [-0.4, -0.2) is 68.5 Å². The normalized spacial score (nSPS) is 28.7. The maximum absolute atomic E-state index is 12.9. The number of nitrogens with zero attached hydrogens (tertiary/aromatic N) is 1. The second-order valence-electron chi connectivity index (χ2n) is 7.48. The van der Waals surface area contributed by atoms with E-state index in [1.165, 1.54) is 16.7 Å². The van der Waals surface area contributed by atoms with Gasteiger partial charge in [0.15, 0.2) is 0 Å². The molecule has 9 nitrogen and oxygen atoms in total. The Morgan fingerprint density at radius 1 is 1.39 bits per heavy atom. The van der Waals surface area contributed by atoms with Crippen molar-refractivity contribution in [2.24, 2.45) is 5.73 Å². The number of rotatable bonds is 6. The Hall–Kier alpha value is -2.33. The lowest BCUT2D eigenvalue weighted by molar-refractivity contribution is -0.161. The van der Waals surface area contributed by atoms with Gasteiger partial charge in [0.05, 0.1) is 6.54 Å². The van der Waals surface area contributed by atoms with Gasteiger partial charge in [-0.25, -0.2) is 4.79 Å². The molecule has 1 aliphatic carbocycles. The number of carboxylic acids is 1. The first kappa shape index (κ1) is 20.4. The fourth-order valence-corrected chi connectivity index (χ4v) is 5.41. The van der Waals surface area contributed by atoms with Gasteiger partial charge in [0.1, 0.15) is 23.5 Å². The molecule has 0 aromatic carbocycles. The van der Waals surface area contributed by atoms with Gasteiger partial charge in [0.25, 0.3) is 0 Å². The highest BCUT2D eigenvalue weighted by Crippen LogP contribution is 2.50. The van der Waals surface area contributed by atoms with Crippen molar-refractivity contribution in [1.82, 2.24) is 15.5 Å². The lowest BCUT2D eigenvalue weighted by Crippen LogP contribution is -2.71. The van der Waals surface area contributed by atoms with Crippen molar-refractivity contribution in [3.63, 3.8) is 0 Å². The van der Waals surface area contributed by atoms with Crippen molar-refractivity contribution in [3.05, 3.63) is 23.8 Å². The Morgan fingerprint density at radius 2 is 2.11 bits per heavy atom. The van der Waals surface area contributed by atoms with Gasteiger partial charge >= 0.3 is 5.97 Å². The van der Waals surface area contributed by atoms with Crippen molar-refractivity contribution >= 4 is 35.5 Å². The number of nitrogens with one attached hydrogen (secondary N) is 2. The van der Waals surface area contributed by atoms with Crippen molar-refractivity contribution in [2.75, 3.05) is 6.54 Å². The van der Waals surface area contributed by atoms with Gasteiger partial charge in [-0.2, -0.15) is 0 Å². The summed E-state index contributed by atoms with van der Waals surface area (Å²) in [6, 6.07) is -2.68. The number of carboxylic acid groups (broad SMARTS) is 1. The Bertz CT molecular complexity index is 778. The van der Waals surface area contributed by atoms with Crippen molar-refractivity contribution in [3.8, 4) is 0 Å². The lowest BCUT2D eigenvalue weighted by Gasteiger charge is -2.44. The zero-order chi connectivity index (χ0) is 20.6. The summed E-state index contributed by atoms with van der Waals surface area (Å²) in [5, 5.41) is 14.3. The highest BCUT2D eigenvalue weighted by Gasteiger charge is 2.64. The molecule has 1 unspecified atom stereocenters. The van der Waals surface area contributed by atoms with E-state index < -0.39 is 51.9 Å². The first-order valence-corrected chi connectivity index (χ1v) is 9.92. The number of nitrogens with two attached hydrogens (primary N) is 1. The monoisotopic (exact) mass is 408 g/mol. The van der Waals surface area contributed by atoms with Crippen LogP contribution >= 0.6 is 11.8 Å². The standard InChI is InChI=1S/C18H24N4O5S/c1-18(2)13(17(26)27)22-15(25)12(16(22)28-18)21-14(24)11(20-10(23)8-19)9-6-4-3-5-7-9/h3-4,7,11-13,16H,5-6,8,19H2,1-2H3,(H,20,23)(H,21,24)(H,26,27)/t11?,12-,13+,16-/m1/s1. The van der Waals surface area contributed by atoms with Gasteiger partial charge in [0.2, 0.25) is 17.7 Å². The van der Waals surface area contributed by atoms with Crippen LogP contribution in [0.1, 0.15) is 26.7 Å². The highest BCUT2D eigenvalue weighted by atomic mass is 32.2. The molecular weight excluding hydrogens is 384 g/mol. The predicted molar refractivity (Wildman–Crippen MR) is 103 cm³/mol. The van der Waals surface area contributed by atoms with E-state index in [9.17, 15) is 24.3 Å². The Labute approximate surface area is 166 Å². The zero-order valence-corrected chi connectivity index (χ0v) is 16.5. The van der Waals surface area contributed by atoms with Crippen molar-refractivity contribution < 1.29 is 24.3 Å². The minimum Gasteiger partial charge on any atom is -0.480 e. The summed E-state index contributed by atoms with van der Waals surface area (Å²) in [6.45, 7) is 3.28. The molecule has 5 N–H and O–H groups in total. The van der Waals surface area contributed by atoms with E-state index in [4.69, 9.17) is 5.73 Å². The molecule has 4 atom stereocenters. The van der Waals surface area contributed by atoms with Crippen LogP contribution in [0.15, 0.2) is 23.8 Å². The molecule has 2 fully saturated rings. The molecule has 2 heterocycles. The van der Waals surface area contributed by atoms with Crippen LogP contribution in [0.5, 0.6) is 0 Å². The van der Waals surface area contributed by atoms with Crippen LogP contribution in [0.4, 0.5) is 0 Å². The maximum atomic E-state index is 12.9. The van der Waals surface area contributed by atoms with Gasteiger partial charge < -0.3 is 26.4 Å². The number of hydrogen-bond acceptors (Lipinski definition) is 6.